The Hall–Kier alpha value is -2.89. The van der Waals surface area contributed by atoms with E-state index in [0.717, 1.165) is 12.0 Å². The van der Waals surface area contributed by atoms with Gasteiger partial charge in [-0.1, -0.05) is 18.1 Å². The van der Waals surface area contributed by atoms with E-state index in [1.165, 1.54) is 6.07 Å². The topological polar surface area (TPSA) is 98.1 Å². The summed E-state index contributed by atoms with van der Waals surface area (Å²) in [5, 5.41) is 13.6. The third kappa shape index (κ3) is 2.43. The summed E-state index contributed by atoms with van der Waals surface area (Å²) in [6, 6.07) is 8.65. The highest BCUT2D eigenvalue weighted by Gasteiger charge is 2.14. The minimum atomic E-state index is -0.0145. The maximum atomic E-state index is 9.64. The summed E-state index contributed by atoms with van der Waals surface area (Å²) >= 11 is 0. The lowest BCUT2D eigenvalue weighted by Gasteiger charge is -2.01. The van der Waals surface area contributed by atoms with Gasteiger partial charge in [0.15, 0.2) is 0 Å². The molecule has 0 spiro atoms. The Morgan fingerprint density at radius 2 is 2.14 bits per heavy atom. The van der Waals surface area contributed by atoms with E-state index in [2.05, 4.69) is 15.1 Å². The van der Waals surface area contributed by atoms with Gasteiger partial charge in [-0.05, 0) is 36.2 Å². The minimum absolute atomic E-state index is 0.0145. The number of nitrogens with zero attached hydrogens (tertiary/aromatic N) is 3. The molecule has 2 aromatic heterocycles. The molecule has 6 nitrogen and oxygen atoms in total. The summed E-state index contributed by atoms with van der Waals surface area (Å²) in [6.45, 7) is 2.04. The Balaban J connectivity index is 2.01. The zero-order chi connectivity index (χ0) is 14.8. The Labute approximate surface area is 121 Å². The first-order chi connectivity index (χ1) is 10.2. The molecular formula is C15H14N4O2. The van der Waals surface area contributed by atoms with Gasteiger partial charge in [0.2, 0.25) is 5.82 Å². The predicted molar refractivity (Wildman–Crippen MR) is 78.4 cm³/mol. The Bertz CT molecular complexity index is 783. The first kappa shape index (κ1) is 13.1. The van der Waals surface area contributed by atoms with Crippen LogP contribution in [0.2, 0.25) is 0 Å². The summed E-state index contributed by atoms with van der Waals surface area (Å²) in [5.74, 6) is 0.728. The van der Waals surface area contributed by atoms with Crippen molar-refractivity contribution in [2.45, 2.75) is 13.3 Å². The van der Waals surface area contributed by atoms with Gasteiger partial charge >= 0.3 is 0 Å². The number of pyridine rings is 1. The highest BCUT2D eigenvalue weighted by atomic mass is 16.5. The Morgan fingerprint density at radius 3 is 2.90 bits per heavy atom. The Kier molecular flexibility index (Phi) is 3.27. The number of benzene rings is 1. The van der Waals surface area contributed by atoms with Crippen molar-refractivity contribution in [1.29, 1.82) is 0 Å². The molecule has 0 bridgehead atoms. The van der Waals surface area contributed by atoms with E-state index < -0.39 is 0 Å². The second kappa shape index (κ2) is 5.24. The first-order valence-electron chi connectivity index (χ1n) is 6.56. The van der Waals surface area contributed by atoms with Gasteiger partial charge in [0.1, 0.15) is 11.4 Å². The summed E-state index contributed by atoms with van der Waals surface area (Å²) in [7, 11) is 0. The smallest absolute Gasteiger partial charge is 0.258 e. The average Bonchev–Trinajstić information content (AvgIpc) is 2.99. The second-order valence-electron chi connectivity index (χ2n) is 4.56. The number of nitrogen functional groups attached to an aromatic ring is 1. The van der Waals surface area contributed by atoms with E-state index in [0.29, 0.717) is 28.7 Å². The number of hydrogen-bond acceptors (Lipinski definition) is 6. The zero-order valence-electron chi connectivity index (χ0n) is 11.4. The molecule has 0 saturated carbocycles. The molecule has 0 aliphatic heterocycles. The van der Waals surface area contributed by atoms with Gasteiger partial charge in [-0.2, -0.15) is 4.98 Å². The molecular weight excluding hydrogens is 268 g/mol. The maximum Gasteiger partial charge on any atom is 0.258 e. The van der Waals surface area contributed by atoms with Crippen LogP contribution in [0.15, 0.2) is 41.1 Å². The molecule has 0 unspecified atom stereocenters. The molecule has 3 N–H and O–H groups in total. The molecule has 0 saturated heterocycles. The summed E-state index contributed by atoms with van der Waals surface area (Å²) in [5.41, 5.74) is 8.23. The molecule has 0 aliphatic carbocycles. The van der Waals surface area contributed by atoms with Crippen LogP contribution in [0.1, 0.15) is 12.5 Å². The highest BCUT2D eigenvalue weighted by molar-refractivity contribution is 5.65. The fourth-order valence-electron chi connectivity index (χ4n) is 2.04. The van der Waals surface area contributed by atoms with Crippen molar-refractivity contribution in [2.24, 2.45) is 0 Å². The van der Waals surface area contributed by atoms with Crippen molar-refractivity contribution in [3.63, 3.8) is 0 Å². The maximum absolute atomic E-state index is 9.64. The fraction of sp³-hybridized carbons (Fsp3) is 0.133. The van der Waals surface area contributed by atoms with E-state index in [9.17, 15) is 5.11 Å². The molecule has 1 aromatic carbocycles. The summed E-state index contributed by atoms with van der Waals surface area (Å²) in [4.78, 5) is 8.64. The lowest BCUT2D eigenvalue weighted by molar-refractivity contribution is 0.431. The number of phenolic OH excluding ortho intramolecular Hbond substituents is 1. The van der Waals surface area contributed by atoms with E-state index in [1.54, 1.807) is 18.3 Å². The number of hydrogen-bond donors (Lipinski definition) is 2. The normalized spacial score (nSPS) is 10.7. The van der Waals surface area contributed by atoms with Crippen LogP contribution < -0.4 is 5.73 Å². The second-order valence-corrected chi connectivity index (χ2v) is 4.56. The van der Waals surface area contributed by atoms with Gasteiger partial charge in [0, 0.05) is 11.8 Å². The van der Waals surface area contributed by atoms with Gasteiger partial charge in [0.25, 0.3) is 5.89 Å². The van der Waals surface area contributed by atoms with Crippen molar-refractivity contribution in [2.75, 3.05) is 5.73 Å². The third-order valence-electron chi connectivity index (χ3n) is 3.19. The summed E-state index contributed by atoms with van der Waals surface area (Å²) in [6.07, 6.45) is 2.52. The third-order valence-corrected chi connectivity index (χ3v) is 3.19. The standard InChI is InChI=1S/C15H14N4O2/c1-2-9-4-3-7-17-13(9)14-18-15(21-19-14)10-5-6-11(16)12(20)8-10/h3-8,20H,2,16H2,1H3. The van der Waals surface area contributed by atoms with Crippen LogP contribution in [-0.4, -0.2) is 20.2 Å². The first-order valence-corrected chi connectivity index (χ1v) is 6.56. The van der Waals surface area contributed by atoms with Gasteiger partial charge in [-0.25, -0.2) is 0 Å². The number of phenols is 1. The molecule has 0 amide bonds. The fourth-order valence-corrected chi connectivity index (χ4v) is 2.04. The minimum Gasteiger partial charge on any atom is -0.506 e. The van der Waals surface area contributed by atoms with Crippen LogP contribution in [0.25, 0.3) is 23.0 Å². The molecule has 0 fully saturated rings. The largest absolute Gasteiger partial charge is 0.506 e. The van der Waals surface area contributed by atoms with Crippen molar-refractivity contribution >= 4 is 5.69 Å². The van der Waals surface area contributed by atoms with E-state index >= 15 is 0 Å². The molecule has 2 heterocycles. The van der Waals surface area contributed by atoms with Gasteiger partial charge in [0.05, 0.1) is 5.69 Å². The van der Waals surface area contributed by atoms with Crippen LogP contribution in [0.3, 0.4) is 0 Å². The van der Waals surface area contributed by atoms with Crippen LogP contribution in [-0.2, 0) is 6.42 Å². The summed E-state index contributed by atoms with van der Waals surface area (Å²) < 4.78 is 5.25. The molecule has 106 valence electrons. The molecule has 3 aromatic rings. The average molecular weight is 282 g/mol. The van der Waals surface area contributed by atoms with E-state index in [-0.39, 0.29) is 5.75 Å². The van der Waals surface area contributed by atoms with Crippen molar-refractivity contribution in [1.82, 2.24) is 15.1 Å². The number of anilines is 1. The van der Waals surface area contributed by atoms with Crippen LogP contribution in [0.4, 0.5) is 5.69 Å². The highest BCUT2D eigenvalue weighted by Crippen LogP contribution is 2.28. The van der Waals surface area contributed by atoms with Crippen LogP contribution >= 0.6 is 0 Å². The van der Waals surface area contributed by atoms with Crippen LogP contribution in [0, 0.1) is 0 Å². The lowest BCUT2D eigenvalue weighted by Crippen LogP contribution is -1.92. The number of aromatic nitrogens is 3. The molecule has 0 aliphatic rings. The number of rotatable bonds is 3. The van der Waals surface area contributed by atoms with E-state index in [4.69, 9.17) is 10.3 Å². The van der Waals surface area contributed by atoms with Crippen molar-refractivity contribution < 1.29 is 9.63 Å². The van der Waals surface area contributed by atoms with E-state index in [1.807, 2.05) is 19.1 Å². The Morgan fingerprint density at radius 1 is 1.29 bits per heavy atom. The molecule has 0 atom stereocenters. The van der Waals surface area contributed by atoms with Crippen LogP contribution in [0.5, 0.6) is 5.75 Å². The lowest BCUT2D eigenvalue weighted by atomic mass is 10.1. The zero-order valence-corrected chi connectivity index (χ0v) is 11.4. The molecule has 6 heteroatoms. The molecule has 3 rings (SSSR count). The number of nitrogens with two attached hydrogens (primary N) is 1. The quantitative estimate of drug-likeness (QED) is 0.566. The van der Waals surface area contributed by atoms with Gasteiger partial charge in [-0.3, -0.25) is 4.98 Å². The molecule has 0 radical (unpaired) electrons. The van der Waals surface area contributed by atoms with Crippen molar-refractivity contribution in [3.8, 4) is 28.7 Å². The monoisotopic (exact) mass is 282 g/mol. The van der Waals surface area contributed by atoms with Gasteiger partial charge in [-0.15, -0.1) is 0 Å². The van der Waals surface area contributed by atoms with Crippen molar-refractivity contribution in [3.05, 3.63) is 42.1 Å². The number of aromatic hydroxyl groups is 1. The SMILES string of the molecule is CCc1cccnc1-c1noc(-c2ccc(N)c(O)c2)n1. The number of aryl methyl sites for hydroxylation is 1. The molecule has 21 heavy (non-hydrogen) atoms. The predicted octanol–water partition coefficient (Wildman–Crippen LogP) is 2.65. The van der Waals surface area contributed by atoms with Gasteiger partial charge < -0.3 is 15.4 Å².